The number of rotatable bonds is 3. The van der Waals surface area contributed by atoms with Crippen molar-refractivity contribution in [2.75, 3.05) is 6.61 Å². The fraction of sp³-hybridized carbons (Fsp3) is 0.200. The molecule has 0 spiro atoms. The van der Waals surface area contributed by atoms with Crippen LogP contribution < -0.4 is 0 Å². The first kappa shape index (κ1) is 11.5. The van der Waals surface area contributed by atoms with Crippen LogP contribution in [-0.4, -0.2) is 12.6 Å². The van der Waals surface area contributed by atoms with Gasteiger partial charge in [-0.15, -0.1) is 0 Å². The van der Waals surface area contributed by atoms with Gasteiger partial charge in [0.25, 0.3) is 0 Å². The van der Waals surface area contributed by atoms with E-state index in [-0.39, 0.29) is 12.2 Å². The van der Waals surface area contributed by atoms with Crippen molar-refractivity contribution in [3.63, 3.8) is 0 Å². The van der Waals surface area contributed by atoms with Gasteiger partial charge >= 0.3 is 5.97 Å². The highest BCUT2D eigenvalue weighted by atomic mass is 79.9. The first-order chi connectivity index (χ1) is 7.17. The molecule has 78 valence electrons. The third-order valence-electron chi connectivity index (χ3n) is 1.50. The van der Waals surface area contributed by atoms with Gasteiger partial charge in [0, 0.05) is 6.08 Å². The molecule has 4 nitrogen and oxygen atoms in total. The summed E-state index contributed by atoms with van der Waals surface area (Å²) >= 11 is 3.12. The van der Waals surface area contributed by atoms with Crippen molar-refractivity contribution in [3.8, 4) is 6.07 Å². The van der Waals surface area contributed by atoms with Crippen LogP contribution >= 0.6 is 15.9 Å². The van der Waals surface area contributed by atoms with E-state index >= 15 is 0 Å². The van der Waals surface area contributed by atoms with E-state index in [1.807, 2.05) is 0 Å². The molecular weight excluding hydrogens is 262 g/mol. The van der Waals surface area contributed by atoms with Gasteiger partial charge in [-0.3, -0.25) is 0 Å². The number of hydrogen-bond donors (Lipinski definition) is 0. The number of carbonyl (C=O) groups excluding carboxylic acids is 1. The van der Waals surface area contributed by atoms with Gasteiger partial charge in [0.1, 0.15) is 17.4 Å². The quantitative estimate of drug-likeness (QED) is 0.481. The molecule has 0 saturated heterocycles. The Balaban J connectivity index is 2.88. The van der Waals surface area contributed by atoms with Crippen molar-refractivity contribution in [2.24, 2.45) is 0 Å². The maximum Gasteiger partial charge on any atom is 0.349 e. The van der Waals surface area contributed by atoms with Gasteiger partial charge in [0.15, 0.2) is 4.67 Å². The molecule has 0 aromatic carbocycles. The van der Waals surface area contributed by atoms with E-state index in [9.17, 15) is 4.79 Å². The zero-order valence-corrected chi connectivity index (χ0v) is 9.58. The lowest BCUT2D eigenvalue weighted by Crippen LogP contribution is -2.05. The van der Waals surface area contributed by atoms with Crippen LogP contribution in [0.25, 0.3) is 6.08 Å². The molecule has 0 amide bonds. The molecule has 1 aromatic heterocycles. The summed E-state index contributed by atoms with van der Waals surface area (Å²) < 4.78 is 10.4. The van der Waals surface area contributed by atoms with Crippen molar-refractivity contribution < 1.29 is 13.9 Å². The lowest BCUT2D eigenvalue weighted by molar-refractivity contribution is -0.137. The monoisotopic (exact) mass is 269 g/mol. The van der Waals surface area contributed by atoms with Gasteiger partial charge in [-0.05, 0) is 35.0 Å². The van der Waals surface area contributed by atoms with Crippen molar-refractivity contribution in [1.82, 2.24) is 0 Å². The normalized spacial score (nSPS) is 10.9. The predicted molar refractivity (Wildman–Crippen MR) is 56.6 cm³/mol. The van der Waals surface area contributed by atoms with Crippen LogP contribution in [-0.2, 0) is 9.53 Å². The van der Waals surface area contributed by atoms with Crippen molar-refractivity contribution in [1.29, 1.82) is 5.26 Å². The molecule has 0 bridgehead atoms. The smallest absolute Gasteiger partial charge is 0.349 e. The summed E-state index contributed by atoms with van der Waals surface area (Å²) in [5.41, 5.74) is -0.0845. The molecule has 0 aliphatic rings. The number of esters is 1. The molecule has 0 atom stereocenters. The van der Waals surface area contributed by atoms with Gasteiger partial charge in [-0.2, -0.15) is 5.26 Å². The molecule has 0 radical (unpaired) electrons. The average molecular weight is 270 g/mol. The second-order valence-corrected chi connectivity index (χ2v) is 3.31. The number of furan rings is 1. The predicted octanol–water partition coefficient (Wildman–Crippen LogP) is 2.51. The number of carbonyl (C=O) groups is 1. The Kier molecular flexibility index (Phi) is 4.13. The van der Waals surface area contributed by atoms with Crippen molar-refractivity contribution in [2.45, 2.75) is 6.92 Å². The Bertz CT molecular complexity index is 428. The largest absolute Gasteiger partial charge is 0.462 e. The molecule has 15 heavy (non-hydrogen) atoms. The Hall–Kier alpha value is -1.54. The Labute approximate surface area is 95.3 Å². The summed E-state index contributed by atoms with van der Waals surface area (Å²) in [6, 6.07) is 5.07. The zero-order valence-electron chi connectivity index (χ0n) is 7.99. The minimum atomic E-state index is -0.646. The molecule has 1 aromatic rings. The summed E-state index contributed by atoms with van der Waals surface area (Å²) in [5.74, 6) is -0.223. The lowest BCUT2D eigenvalue weighted by Gasteiger charge is -1.97. The van der Waals surface area contributed by atoms with Crippen molar-refractivity contribution in [3.05, 3.63) is 28.1 Å². The molecule has 1 rings (SSSR count). The SMILES string of the molecule is CCOC(=O)/C(C#N)=C/c1ccc(Br)o1. The van der Waals surface area contributed by atoms with Crippen LogP contribution in [0.1, 0.15) is 12.7 Å². The number of nitrogens with zero attached hydrogens (tertiary/aromatic N) is 1. The molecule has 0 unspecified atom stereocenters. The van der Waals surface area contributed by atoms with E-state index in [0.717, 1.165) is 0 Å². The minimum absolute atomic E-state index is 0.0845. The average Bonchev–Trinajstić information content (AvgIpc) is 2.61. The van der Waals surface area contributed by atoms with Crippen LogP contribution in [0, 0.1) is 11.3 Å². The van der Waals surface area contributed by atoms with Crippen LogP contribution in [0.4, 0.5) is 0 Å². The van der Waals surface area contributed by atoms with Crippen LogP contribution in [0.3, 0.4) is 0 Å². The second-order valence-electron chi connectivity index (χ2n) is 2.53. The summed E-state index contributed by atoms with van der Waals surface area (Å²) in [4.78, 5) is 11.2. The van der Waals surface area contributed by atoms with Gasteiger partial charge in [0.2, 0.25) is 0 Å². The topological polar surface area (TPSA) is 63.2 Å². The third-order valence-corrected chi connectivity index (χ3v) is 1.92. The van der Waals surface area contributed by atoms with Crippen LogP contribution in [0.2, 0.25) is 0 Å². The molecule has 0 aliphatic carbocycles. The Morgan fingerprint density at radius 3 is 2.93 bits per heavy atom. The van der Waals surface area contributed by atoms with Crippen molar-refractivity contribution >= 4 is 28.0 Å². The van der Waals surface area contributed by atoms with E-state index < -0.39 is 5.97 Å². The number of nitriles is 1. The summed E-state index contributed by atoms with van der Waals surface area (Å²) in [6.07, 6.45) is 1.34. The fourth-order valence-corrected chi connectivity index (χ4v) is 1.21. The van der Waals surface area contributed by atoms with E-state index in [1.165, 1.54) is 6.08 Å². The summed E-state index contributed by atoms with van der Waals surface area (Å²) in [6.45, 7) is 1.91. The van der Waals surface area contributed by atoms with E-state index in [1.54, 1.807) is 25.1 Å². The summed E-state index contributed by atoms with van der Waals surface area (Å²) in [7, 11) is 0. The van der Waals surface area contributed by atoms with Gasteiger partial charge < -0.3 is 9.15 Å². The van der Waals surface area contributed by atoms with Gasteiger partial charge in [-0.1, -0.05) is 0 Å². The summed E-state index contributed by atoms with van der Waals surface area (Å²) in [5, 5.41) is 8.72. The molecular formula is C10H8BrNO3. The number of hydrogen-bond acceptors (Lipinski definition) is 4. The van der Waals surface area contributed by atoms with Crippen LogP contribution in [0.15, 0.2) is 26.8 Å². The minimum Gasteiger partial charge on any atom is -0.462 e. The number of ether oxygens (including phenoxy) is 1. The molecule has 0 aliphatic heterocycles. The zero-order chi connectivity index (χ0) is 11.3. The molecule has 0 fully saturated rings. The second kappa shape index (κ2) is 5.37. The maximum atomic E-state index is 11.2. The molecule has 1 heterocycles. The van der Waals surface area contributed by atoms with E-state index in [2.05, 4.69) is 15.9 Å². The first-order valence-corrected chi connectivity index (χ1v) is 5.01. The first-order valence-electron chi connectivity index (χ1n) is 4.21. The molecule has 0 saturated carbocycles. The van der Waals surface area contributed by atoms with E-state index in [0.29, 0.717) is 10.4 Å². The highest BCUT2D eigenvalue weighted by molar-refractivity contribution is 9.10. The number of halogens is 1. The Morgan fingerprint density at radius 1 is 1.73 bits per heavy atom. The molecule has 5 heteroatoms. The van der Waals surface area contributed by atoms with E-state index in [4.69, 9.17) is 14.4 Å². The third kappa shape index (κ3) is 3.26. The van der Waals surface area contributed by atoms with Gasteiger partial charge in [0.05, 0.1) is 6.61 Å². The highest BCUT2D eigenvalue weighted by Crippen LogP contribution is 2.16. The standard InChI is InChI=1S/C10H8BrNO3/c1-2-14-10(13)7(6-12)5-8-3-4-9(11)15-8/h3-5H,2H2,1H3/b7-5+. The Morgan fingerprint density at radius 2 is 2.47 bits per heavy atom. The molecule has 0 N–H and O–H groups in total. The lowest BCUT2D eigenvalue weighted by atomic mass is 10.2. The van der Waals surface area contributed by atoms with Crippen LogP contribution in [0.5, 0.6) is 0 Å². The van der Waals surface area contributed by atoms with Gasteiger partial charge in [-0.25, -0.2) is 4.79 Å². The maximum absolute atomic E-state index is 11.2. The fourth-order valence-electron chi connectivity index (χ4n) is 0.894. The highest BCUT2D eigenvalue weighted by Gasteiger charge is 2.10.